The standard InChI is InChI=1S/C14H18N2O/c1-10(16-17)8-13-12-7-5-4-6-11(12)9-14(2,3)15-13/h4-7,17H,8-9H2,1-3H3/b16-10-. The van der Waals surface area contributed by atoms with Gasteiger partial charge in [-0.2, -0.15) is 0 Å². The maximum absolute atomic E-state index is 8.78. The maximum atomic E-state index is 8.78. The molecule has 0 bridgehead atoms. The van der Waals surface area contributed by atoms with Crippen molar-refractivity contribution in [2.24, 2.45) is 10.1 Å². The van der Waals surface area contributed by atoms with Crippen LogP contribution in [0.4, 0.5) is 0 Å². The SMILES string of the molecule is C/C(CC1=NC(C)(C)Cc2ccccc21)=N/O. The Hall–Kier alpha value is -1.64. The Kier molecular flexibility index (Phi) is 3.01. The predicted molar refractivity (Wildman–Crippen MR) is 70.3 cm³/mol. The van der Waals surface area contributed by atoms with Crippen molar-refractivity contribution in [2.45, 2.75) is 39.2 Å². The molecule has 1 aliphatic rings. The molecule has 0 saturated carbocycles. The van der Waals surface area contributed by atoms with E-state index in [9.17, 15) is 0 Å². The molecule has 2 rings (SSSR count). The van der Waals surface area contributed by atoms with E-state index >= 15 is 0 Å². The van der Waals surface area contributed by atoms with Crippen LogP contribution in [0.5, 0.6) is 0 Å². The predicted octanol–water partition coefficient (Wildman–Crippen LogP) is 3.05. The van der Waals surface area contributed by atoms with Gasteiger partial charge in [0.15, 0.2) is 0 Å². The number of aliphatic imine (C=N–C) groups is 1. The van der Waals surface area contributed by atoms with Gasteiger partial charge in [0.2, 0.25) is 0 Å². The molecule has 1 aromatic rings. The highest BCUT2D eigenvalue weighted by atomic mass is 16.4. The van der Waals surface area contributed by atoms with Crippen molar-refractivity contribution in [2.75, 3.05) is 0 Å². The molecule has 0 radical (unpaired) electrons. The van der Waals surface area contributed by atoms with Crippen molar-refractivity contribution in [3.05, 3.63) is 35.4 Å². The fraction of sp³-hybridized carbons (Fsp3) is 0.429. The molecule has 1 aliphatic heterocycles. The number of hydrogen-bond acceptors (Lipinski definition) is 3. The first kappa shape index (κ1) is 11.8. The van der Waals surface area contributed by atoms with Crippen molar-refractivity contribution in [3.8, 4) is 0 Å². The number of rotatable bonds is 2. The average molecular weight is 230 g/mol. The van der Waals surface area contributed by atoms with Crippen LogP contribution < -0.4 is 0 Å². The van der Waals surface area contributed by atoms with Gasteiger partial charge < -0.3 is 5.21 Å². The molecule has 1 N–H and O–H groups in total. The van der Waals surface area contributed by atoms with Crippen LogP contribution in [-0.4, -0.2) is 22.2 Å². The first-order valence-corrected chi connectivity index (χ1v) is 5.86. The molecule has 0 saturated heterocycles. The summed E-state index contributed by atoms with van der Waals surface area (Å²) in [5, 5.41) is 12.0. The Morgan fingerprint density at radius 1 is 1.41 bits per heavy atom. The molecule has 0 fully saturated rings. The molecule has 0 amide bonds. The van der Waals surface area contributed by atoms with E-state index in [1.165, 1.54) is 11.1 Å². The lowest BCUT2D eigenvalue weighted by Gasteiger charge is -2.29. The van der Waals surface area contributed by atoms with E-state index in [-0.39, 0.29) is 5.54 Å². The molecule has 0 atom stereocenters. The van der Waals surface area contributed by atoms with Crippen molar-refractivity contribution >= 4 is 11.4 Å². The molecule has 0 aromatic heterocycles. The van der Waals surface area contributed by atoms with E-state index in [0.717, 1.165) is 12.1 Å². The van der Waals surface area contributed by atoms with Gasteiger partial charge >= 0.3 is 0 Å². The summed E-state index contributed by atoms with van der Waals surface area (Å²) in [5.74, 6) is 0. The third-order valence-electron chi connectivity index (χ3n) is 2.98. The van der Waals surface area contributed by atoms with Crippen LogP contribution in [0.25, 0.3) is 0 Å². The van der Waals surface area contributed by atoms with Gasteiger partial charge in [0, 0.05) is 12.1 Å². The zero-order valence-electron chi connectivity index (χ0n) is 10.6. The summed E-state index contributed by atoms with van der Waals surface area (Å²) in [7, 11) is 0. The van der Waals surface area contributed by atoms with E-state index in [0.29, 0.717) is 12.1 Å². The smallest absolute Gasteiger partial charge is 0.0599 e. The van der Waals surface area contributed by atoms with Gasteiger partial charge in [0.1, 0.15) is 0 Å². The molecule has 3 heteroatoms. The number of fused-ring (bicyclic) bond motifs is 1. The maximum Gasteiger partial charge on any atom is 0.0599 e. The van der Waals surface area contributed by atoms with E-state index in [2.05, 4.69) is 37.2 Å². The van der Waals surface area contributed by atoms with Gasteiger partial charge in [-0.25, -0.2) is 0 Å². The summed E-state index contributed by atoms with van der Waals surface area (Å²) in [6, 6.07) is 8.33. The van der Waals surface area contributed by atoms with E-state index in [1.54, 1.807) is 0 Å². The molecule has 1 heterocycles. The van der Waals surface area contributed by atoms with Gasteiger partial charge in [-0.15, -0.1) is 0 Å². The molecule has 0 spiro atoms. The van der Waals surface area contributed by atoms with Crippen molar-refractivity contribution < 1.29 is 5.21 Å². The first-order valence-electron chi connectivity index (χ1n) is 5.86. The molecule has 90 valence electrons. The number of hydrogen-bond donors (Lipinski definition) is 1. The lowest BCUT2D eigenvalue weighted by molar-refractivity contribution is 0.318. The zero-order chi connectivity index (χ0) is 12.5. The Morgan fingerprint density at radius 2 is 2.12 bits per heavy atom. The van der Waals surface area contributed by atoms with Gasteiger partial charge in [-0.1, -0.05) is 29.4 Å². The molecule has 3 nitrogen and oxygen atoms in total. The molecule has 17 heavy (non-hydrogen) atoms. The second kappa shape index (κ2) is 4.32. The normalized spacial score (nSPS) is 18.5. The highest BCUT2D eigenvalue weighted by Gasteiger charge is 2.26. The summed E-state index contributed by atoms with van der Waals surface area (Å²) in [6.07, 6.45) is 1.57. The number of oxime groups is 1. The molecule has 0 aliphatic carbocycles. The molecular formula is C14H18N2O. The van der Waals surface area contributed by atoms with Gasteiger partial charge in [-0.05, 0) is 38.3 Å². The van der Waals surface area contributed by atoms with Crippen LogP contribution in [0.3, 0.4) is 0 Å². The Morgan fingerprint density at radius 3 is 2.82 bits per heavy atom. The van der Waals surface area contributed by atoms with E-state index in [1.807, 2.05) is 13.0 Å². The van der Waals surface area contributed by atoms with E-state index < -0.39 is 0 Å². The monoisotopic (exact) mass is 230 g/mol. The first-order chi connectivity index (χ1) is 8.02. The second-order valence-electron chi connectivity index (χ2n) is 5.22. The summed E-state index contributed by atoms with van der Waals surface area (Å²) in [4.78, 5) is 4.77. The van der Waals surface area contributed by atoms with Gasteiger partial charge in [-0.3, -0.25) is 4.99 Å². The fourth-order valence-corrected chi connectivity index (χ4v) is 2.30. The third kappa shape index (κ3) is 2.54. The lowest BCUT2D eigenvalue weighted by atomic mass is 9.86. The Labute approximate surface area is 102 Å². The Bertz CT molecular complexity index is 487. The van der Waals surface area contributed by atoms with Crippen LogP contribution in [0.2, 0.25) is 0 Å². The summed E-state index contributed by atoms with van der Waals surface area (Å²) >= 11 is 0. The number of benzene rings is 1. The van der Waals surface area contributed by atoms with Crippen LogP contribution in [0, 0.1) is 0 Å². The van der Waals surface area contributed by atoms with Crippen molar-refractivity contribution in [1.82, 2.24) is 0 Å². The zero-order valence-corrected chi connectivity index (χ0v) is 10.6. The minimum absolute atomic E-state index is 0.0700. The van der Waals surface area contributed by atoms with Crippen molar-refractivity contribution in [1.29, 1.82) is 0 Å². The van der Waals surface area contributed by atoms with E-state index in [4.69, 9.17) is 10.2 Å². The van der Waals surface area contributed by atoms with Crippen LogP contribution in [-0.2, 0) is 6.42 Å². The van der Waals surface area contributed by atoms with Crippen molar-refractivity contribution in [3.63, 3.8) is 0 Å². The minimum Gasteiger partial charge on any atom is -0.411 e. The summed E-state index contributed by atoms with van der Waals surface area (Å²) in [6.45, 7) is 6.08. The largest absolute Gasteiger partial charge is 0.411 e. The van der Waals surface area contributed by atoms with Crippen LogP contribution >= 0.6 is 0 Å². The summed E-state index contributed by atoms with van der Waals surface area (Å²) in [5.41, 5.74) is 4.16. The second-order valence-corrected chi connectivity index (χ2v) is 5.22. The molecule has 1 aromatic carbocycles. The van der Waals surface area contributed by atoms with Gasteiger partial charge in [0.05, 0.1) is 11.3 Å². The summed E-state index contributed by atoms with van der Waals surface area (Å²) < 4.78 is 0. The topological polar surface area (TPSA) is 45.0 Å². The van der Waals surface area contributed by atoms with Crippen LogP contribution in [0.15, 0.2) is 34.4 Å². The highest BCUT2D eigenvalue weighted by Crippen LogP contribution is 2.27. The van der Waals surface area contributed by atoms with Gasteiger partial charge in [0.25, 0.3) is 0 Å². The third-order valence-corrected chi connectivity index (χ3v) is 2.98. The fourth-order valence-electron chi connectivity index (χ4n) is 2.30. The average Bonchev–Trinajstić information content (AvgIpc) is 2.27. The van der Waals surface area contributed by atoms with Crippen LogP contribution in [0.1, 0.15) is 38.3 Å². The molecule has 0 unspecified atom stereocenters. The minimum atomic E-state index is -0.0700. The molecular weight excluding hydrogens is 212 g/mol. The lowest BCUT2D eigenvalue weighted by Crippen LogP contribution is -2.29. The number of nitrogens with zero attached hydrogens (tertiary/aromatic N) is 2. The Balaban J connectivity index is 2.43. The highest BCUT2D eigenvalue weighted by molar-refractivity contribution is 6.13. The quantitative estimate of drug-likeness (QED) is 0.473.